The fourth-order valence-corrected chi connectivity index (χ4v) is 4.68. The van der Waals surface area contributed by atoms with Gasteiger partial charge in [0.1, 0.15) is 11.6 Å². The maximum Gasteiger partial charge on any atom is 0.219 e. The second kappa shape index (κ2) is 10.7. The van der Waals surface area contributed by atoms with Gasteiger partial charge in [-0.25, -0.2) is 14.4 Å². The monoisotopic (exact) mass is 501 g/mol. The molecule has 1 N–H and O–H groups in total. The molecule has 3 aromatic heterocycles. The van der Waals surface area contributed by atoms with Crippen molar-refractivity contribution in [3.8, 4) is 11.3 Å². The van der Waals surface area contributed by atoms with Crippen LogP contribution in [0, 0.1) is 5.82 Å². The molecule has 9 nitrogen and oxygen atoms in total. The summed E-state index contributed by atoms with van der Waals surface area (Å²) >= 11 is 0. The number of carbonyl (C=O) groups excluding carboxylic acids is 2. The number of aromatic nitrogens is 4. The minimum Gasteiger partial charge on any atom is -0.353 e. The van der Waals surface area contributed by atoms with Gasteiger partial charge in [0.25, 0.3) is 0 Å². The number of hydrogen-bond donors (Lipinski definition) is 1. The molecule has 4 aromatic rings. The van der Waals surface area contributed by atoms with Gasteiger partial charge in [-0.2, -0.15) is 0 Å². The number of hydrogen-bond acceptors (Lipinski definition) is 6. The fraction of sp³-hybridized carbons (Fsp3) is 0.296. The van der Waals surface area contributed by atoms with Gasteiger partial charge in [-0.3, -0.25) is 19.0 Å². The van der Waals surface area contributed by atoms with Gasteiger partial charge in [-0.15, -0.1) is 0 Å². The third-order valence-corrected chi connectivity index (χ3v) is 6.70. The van der Waals surface area contributed by atoms with Gasteiger partial charge in [0.15, 0.2) is 5.65 Å². The lowest BCUT2D eigenvalue weighted by atomic mass is 10.0. The number of pyridine rings is 1. The van der Waals surface area contributed by atoms with Gasteiger partial charge >= 0.3 is 0 Å². The van der Waals surface area contributed by atoms with Crippen LogP contribution in [-0.4, -0.2) is 62.7 Å². The number of halogens is 1. The molecule has 0 unspecified atom stereocenters. The van der Waals surface area contributed by atoms with Crippen molar-refractivity contribution in [1.82, 2.24) is 24.3 Å². The van der Waals surface area contributed by atoms with Crippen LogP contribution >= 0.6 is 0 Å². The Kier molecular flexibility index (Phi) is 7.07. The first-order chi connectivity index (χ1) is 18.0. The molecular weight excluding hydrogens is 473 g/mol. The number of nitrogens with zero attached hydrogens (tertiary/aromatic N) is 6. The van der Waals surface area contributed by atoms with E-state index in [1.165, 1.54) is 12.1 Å². The highest BCUT2D eigenvalue weighted by Gasteiger charge is 2.19. The quantitative estimate of drug-likeness (QED) is 0.372. The molecule has 1 fully saturated rings. The predicted octanol–water partition coefficient (Wildman–Crippen LogP) is 3.34. The summed E-state index contributed by atoms with van der Waals surface area (Å²) in [4.78, 5) is 40.2. The van der Waals surface area contributed by atoms with Crippen molar-refractivity contribution < 1.29 is 14.0 Å². The van der Waals surface area contributed by atoms with E-state index in [4.69, 9.17) is 0 Å². The number of rotatable bonds is 8. The van der Waals surface area contributed by atoms with Crippen LogP contribution < -0.4 is 10.2 Å². The second-order valence-electron chi connectivity index (χ2n) is 9.07. The Morgan fingerprint density at radius 3 is 2.59 bits per heavy atom. The summed E-state index contributed by atoms with van der Waals surface area (Å²) in [6, 6.07) is 8.41. The Labute approximate surface area is 214 Å². The Morgan fingerprint density at radius 2 is 1.86 bits per heavy atom. The third kappa shape index (κ3) is 5.42. The van der Waals surface area contributed by atoms with E-state index in [9.17, 15) is 14.0 Å². The number of benzene rings is 1. The molecule has 0 spiro atoms. The molecule has 10 heteroatoms. The van der Waals surface area contributed by atoms with Gasteiger partial charge in [-0.05, 0) is 55.2 Å². The van der Waals surface area contributed by atoms with Crippen LogP contribution in [0.4, 0.5) is 15.9 Å². The highest BCUT2D eigenvalue weighted by atomic mass is 19.1. The van der Waals surface area contributed by atoms with E-state index in [1.54, 1.807) is 19.2 Å². The average Bonchev–Trinajstić information content (AvgIpc) is 3.34. The minimum absolute atomic E-state index is 0.109. The fourth-order valence-electron chi connectivity index (χ4n) is 4.68. The lowest BCUT2D eigenvalue weighted by Crippen LogP contribution is -2.48. The van der Waals surface area contributed by atoms with Gasteiger partial charge in [0.05, 0.1) is 23.8 Å². The van der Waals surface area contributed by atoms with Crippen LogP contribution in [-0.2, 0) is 22.4 Å². The Balaban J connectivity index is 1.27. The summed E-state index contributed by atoms with van der Waals surface area (Å²) in [5.74, 6) is 0.675. The molecule has 0 aliphatic carbocycles. The zero-order chi connectivity index (χ0) is 25.8. The largest absolute Gasteiger partial charge is 0.353 e. The SMILES string of the molecule is CC(=O)N1CCN(c2ccc(-c3cnc4cnc(CCCc5cc(F)ccc5NC=O)cn34)cn2)CC1. The summed E-state index contributed by atoms with van der Waals surface area (Å²) in [6.45, 7) is 4.54. The molecular formula is C27H28FN7O2. The van der Waals surface area contributed by atoms with Crippen LogP contribution in [0.15, 0.2) is 55.1 Å². The van der Waals surface area contributed by atoms with Gasteiger partial charge in [-0.1, -0.05) is 0 Å². The summed E-state index contributed by atoms with van der Waals surface area (Å²) in [6.07, 6.45) is 10.0. The van der Waals surface area contributed by atoms with Crippen LogP contribution in [0.2, 0.25) is 0 Å². The second-order valence-corrected chi connectivity index (χ2v) is 9.07. The van der Waals surface area contributed by atoms with Gasteiger partial charge < -0.3 is 15.1 Å². The number of amides is 2. The Bertz CT molecular complexity index is 1410. The van der Waals surface area contributed by atoms with Crippen LogP contribution in [0.1, 0.15) is 24.6 Å². The first kappa shape index (κ1) is 24.4. The summed E-state index contributed by atoms with van der Waals surface area (Å²) < 4.78 is 15.7. The zero-order valence-electron chi connectivity index (χ0n) is 20.6. The zero-order valence-corrected chi connectivity index (χ0v) is 20.6. The van der Waals surface area contributed by atoms with Crippen molar-refractivity contribution in [2.24, 2.45) is 0 Å². The normalized spacial score (nSPS) is 13.7. The number of anilines is 2. The predicted molar refractivity (Wildman–Crippen MR) is 139 cm³/mol. The number of carbonyl (C=O) groups is 2. The molecule has 4 heterocycles. The van der Waals surface area contributed by atoms with Crippen molar-refractivity contribution >= 4 is 29.5 Å². The Morgan fingerprint density at radius 1 is 1.03 bits per heavy atom. The van der Waals surface area contributed by atoms with E-state index in [2.05, 4.69) is 25.2 Å². The van der Waals surface area contributed by atoms with E-state index >= 15 is 0 Å². The molecule has 1 saturated heterocycles. The lowest BCUT2D eigenvalue weighted by molar-refractivity contribution is -0.129. The van der Waals surface area contributed by atoms with Crippen molar-refractivity contribution in [3.05, 3.63) is 72.2 Å². The smallest absolute Gasteiger partial charge is 0.219 e. The van der Waals surface area contributed by atoms with E-state index in [1.807, 2.05) is 40.0 Å². The van der Waals surface area contributed by atoms with Crippen LogP contribution in [0.25, 0.3) is 16.9 Å². The summed E-state index contributed by atoms with van der Waals surface area (Å²) in [5, 5.41) is 2.63. The van der Waals surface area contributed by atoms with Gasteiger partial charge in [0.2, 0.25) is 12.3 Å². The molecule has 5 rings (SSSR count). The molecule has 1 aliphatic rings. The molecule has 2 amide bonds. The van der Waals surface area contributed by atoms with Crippen molar-refractivity contribution in [2.45, 2.75) is 26.2 Å². The molecule has 0 radical (unpaired) electrons. The number of aryl methyl sites for hydroxylation is 2. The number of fused-ring (bicyclic) bond motifs is 1. The number of piperazine rings is 1. The van der Waals surface area contributed by atoms with E-state index in [0.717, 1.165) is 53.5 Å². The number of imidazole rings is 1. The van der Waals surface area contributed by atoms with Gasteiger partial charge in [0, 0.05) is 56.7 Å². The average molecular weight is 502 g/mol. The minimum atomic E-state index is -0.327. The van der Waals surface area contributed by atoms with Crippen molar-refractivity contribution in [2.75, 3.05) is 36.4 Å². The molecule has 0 saturated carbocycles. The molecule has 37 heavy (non-hydrogen) atoms. The molecule has 1 aromatic carbocycles. The maximum absolute atomic E-state index is 13.7. The summed E-state index contributed by atoms with van der Waals surface area (Å²) in [5.41, 5.74) is 4.87. The van der Waals surface area contributed by atoms with E-state index < -0.39 is 0 Å². The summed E-state index contributed by atoms with van der Waals surface area (Å²) in [7, 11) is 0. The van der Waals surface area contributed by atoms with Crippen molar-refractivity contribution in [3.63, 3.8) is 0 Å². The molecule has 190 valence electrons. The number of nitrogens with one attached hydrogen (secondary N) is 1. The van der Waals surface area contributed by atoms with Crippen LogP contribution in [0.5, 0.6) is 0 Å². The van der Waals surface area contributed by atoms with Crippen LogP contribution in [0.3, 0.4) is 0 Å². The third-order valence-electron chi connectivity index (χ3n) is 6.70. The standard InChI is InChI=1S/C27H28FN7O2/c1-19(37)33-9-11-34(12-10-33)26-8-5-21(14-30-26)25-15-31-27-16-29-23(17-35(25)27)4-2-3-20-13-22(28)6-7-24(20)32-18-36/h5-8,13-18H,2-4,9-12H2,1H3,(H,32,36). The molecule has 0 bridgehead atoms. The first-order valence-electron chi connectivity index (χ1n) is 12.3. The van der Waals surface area contributed by atoms with E-state index in [0.29, 0.717) is 38.0 Å². The molecule has 1 aliphatic heterocycles. The van der Waals surface area contributed by atoms with E-state index in [-0.39, 0.29) is 11.7 Å². The first-order valence-corrected chi connectivity index (χ1v) is 12.3. The highest BCUT2D eigenvalue weighted by Crippen LogP contribution is 2.24. The highest BCUT2D eigenvalue weighted by molar-refractivity contribution is 5.74. The van der Waals surface area contributed by atoms with Crippen molar-refractivity contribution in [1.29, 1.82) is 0 Å². The Hall–Kier alpha value is -4.34. The maximum atomic E-state index is 13.7. The topological polar surface area (TPSA) is 95.7 Å². The lowest BCUT2D eigenvalue weighted by Gasteiger charge is -2.34. The molecule has 0 atom stereocenters.